The van der Waals surface area contributed by atoms with Gasteiger partial charge in [-0.3, -0.25) is 4.79 Å². The second-order valence-corrected chi connectivity index (χ2v) is 6.77. The van der Waals surface area contributed by atoms with E-state index in [2.05, 4.69) is 10.6 Å². The van der Waals surface area contributed by atoms with Crippen molar-refractivity contribution in [2.75, 3.05) is 20.8 Å². The summed E-state index contributed by atoms with van der Waals surface area (Å²) in [4.78, 5) is 18.0. The van der Waals surface area contributed by atoms with Crippen molar-refractivity contribution in [3.8, 4) is 11.5 Å². The van der Waals surface area contributed by atoms with Gasteiger partial charge in [0.15, 0.2) is 0 Å². The van der Waals surface area contributed by atoms with Crippen LogP contribution in [-0.4, -0.2) is 41.1 Å². The highest BCUT2D eigenvalue weighted by atomic mass is 16.5. The zero-order chi connectivity index (χ0) is 19.9. The number of methoxy groups -OCH3 is 1. The Bertz CT molecular complexity index is 918. The van der Waals surface area contributed by atoms with Crippen LogP contribution < -0.4 is 9.47 Å². The minimum atomic E-state index is 0.0338. The van der Waals surface area contributed by atoms with E-state index in [1.165, 1.54) is 0 Å². The van der Waals surface area contributed by atoms with Gasteiger partial charge in [0, 0.05) is 20.5 Å². The molecule has 28 heavy (non-hydrogen) atoms. The molecule has 1 heterocycles. The number of carbonyl (C=O) groups is 1. The van der Waals surface area contributed by atoms with E-state index < -0.39 is 0 Å². The van der Waals surface area contributed by atoms with Crippen molar-refractivity contribution in [2.24, 2.45) is 0 Å². The van der Waals surface area contributed by atoms with Crippen molar-refractivity contribution in [1.29, 1.82) is 0 Å². The number of para-hydroxylation sites is 2. The molecule has 3 aromatic rings. The first kappa shape index (κ1) is 19.7. The smallest absolute Gasteiger partial charge is 0.219 e. The van der Waals surface area contributed by atoms with Gasteiger partial charge >= 0.3 is 0 Å². The number of ether oxygens (including phenoxy) is 2. The second kappa shape index (κ2) is 9.26. The zero-order valence-corrected chi connectivity index (χ0v) is 16.7. The van der Waals surface area contributed by atoms with E-state index in [0.29, 0.717) is 13.2 Å². The first-order chi connectivity index (χ1) is 13.6. The highest BCUT2D eigenvalue weighted by Crippen LogP contribution is 2.19. The standard InChI is InChI=1S/C22H27N3O3/c1-17(26)24(2)16-22-23-20-8-4-5-9-21(20)25(22)14-6-7-15-28-19-12-10-18(27-3)11-13-19/h4-5,8-13H,6-7,14-16H2,1-3H3. The molecular weight excluding hydrogens is 354 g/mol. The summed E-state index contributed by atoms with van der Waals surface area (Å²) in [6.45, 7) is 3.57. The summed E-state index contributed by atoms with van der Waals surface area (Å²) in [7, 11) is 3.45. The molecule has 0 saturated heterocycles. The first-order valence-electron chi connectivity index (χ1n) is 9.51. The van der Waals surface area contributed by atoms with Crippen molar-refractivity contribution >= 4 is 16.9 Å². The van der Waals surface area contributed by atoms with Crippen LogP contribution in [0.15, 0.2) is 48.5 Å². The van der Waals surface area contributed by atoms with E-state index in [1.54, 1.807) is 26.0 Å². The summed E-state index contributed by atoms with van der Waals surface area (Å²) in [5, 5.41) is 0. The van der Waals surface area contributed by atoms with Crippen LogP contribution >= 0.6 is 0 Å². The Morgan fingerprint density at radius 1 is 1.07 bits per heavy atom. The fraction of sp³-hybridized carbons (Fsp3) is 0.364. The predicted octanol–water partition coefficient (Wildman–Crippen LogP) is 3.88. The van der Waals surface area contributed by atoms with E-state index in [1.807, 2.05) is 42.5 Å². The third-order valence-electron chi connectivity index (χ3n) is 4.75. The Labute approximate surface area is 165 Å². The molecule has 6 heteroatoms. The van der Waals surface area contributed by atoms with E-state index in [-0.39, 0.29) is 5.91 Å². The highest BCUT2D eigenvalue weighted by Gasteiger charge is 2.13. The number of fused-ring (bicyclic) bond motifs is 1. The van der Waals surface area contributed by atoms with E-state index in [4.69, 9.17) is 14.5 Å². The van der Waals surface area contributed by atoms with Gasteiger partial charge < -0.3 is 18.9 Å². The number of aryl methyl sites for hydroxylation is 1. The maximum Gasteiger partial charge on any atom is 0.219 e. The highest BCUT2D eigenvalue weighted by molar-refractivity contribution is 5.76. The summed E-state index contributed by atoms with van der Waals surface area (Å²) < 4.78 is 13.2. The normalized spacial score (nSPS) is 10.8. The lowest BCUT2D eigenvalue weighted by Crippen LogP contribution is -2.25. The summed E-state index contributed by atoms with van der Waals surface area (Å²) >= 11 is 0. The van der Waals surface area contributed by atoms with E-state index >= 15 is 0 Å². The number of imidazole rings is 1. The van der Waals surface area contributed by atoms with Gasteiger partial charge in [-0.2, -0.15) is 0 Å². The van der Waals surface area contributed by atoms with Gasteiger partial charge in [0.05, 0.1) is 31.3 Å². The molecule has 0 N–H and O–H groups in total. The largest absolute Gasteiger partial charge is 0.497 e. The van der Waals surface area contributed by atoms with Gasteiger partial charge in [0.2, 0.25) is 5.91 Å². The van der Waals surface area contributed by atoms with Gasteiger partial charge in [0.25, 0.3) is 0 Å². The third kappa shape index (κ3) is 4.82. The number of nitrogens with zero attached hydrogens (tertiary/aromatic N) is 3. The Balaban J connectivity index is 1.58. The van der Waals surface area contributed by atoms with Crippen molar-refractivity contribution < 1.29 is 14.3 Å². The van der Waals surface area contributed by atoms with E-state index in [0.717, 1.165) is 47.7 Å². The molecule has 1 amide bonds. The van der Waals surface area contributed by atoms with Gasteiger partial charge in [0.1, 0.15) is 17.3 Å². The minimum Gasteiger partial charge on any atom is -0.497 e. The SMILES string of the molecule is COc1ccc(OCCCCn2c(CN(C)C(C)=O)nc3ccccc32)cc1. The zero-order valence-electron chi connectivity index (χ0n) is 16.7. The lowest BCUT2D eigenvalue weighted by atomic mass is 10.3. The average molecular weight is 381 g/mol. The van der Waals surface area contributed by atoms with Crippen molar-refractivity contribution in [1.82, 2.24) is 14.5 Å². The number of aromatic nitrogens is 2. The molecular formula is C22H27N3O3. The fourth-order valence-electron chi connectivity index (χ4n) is 3.05. The van der Waals surface area contributed by atoms with Crippen LogP contribution in [0.3, 0.4) is 0 Å². The lowest BCUT2D eigenvalue weighted by Gasteiger charge is -2.16. The van der Waals surface area contributed by atoms with Crippen molar-refractivity contribution in [3.05, 3.63) is 54.4 Å². The van der Waals surface area contributed by atoms with Crippen LogP contribution in [0.4, 0.5) is 0 Å². The summed E-state index contributed by atoms with van der Waals surface area (Å²) in [6, 6.07) is 15.7. The summed E-state index contributed by atoms with van der Waals surface area (Å²) in [6.07, 6.45) is 1.90. The van der Waals surface area contributed by atoms with Crippen LogP contribution in [0.1, 0.15) is 25.6 Å². The molecule has 0 aliphatic carbocycles. The molecule has 0 saturated carbocycles. The van der Waals surface area contributed by atoms with Crippen LogP contribution in [0.25, 0.3) is 11.0 Å². The Morgan fingerprint density at radius 2 is 1.79 bits per heavy atom. The maximum absolute atomic E-state index is 11.6. The number of amides is 1. The lowest BCUT2D eigenvalue weighted by molar-refractivity contribution is -0.128. The van der Waals surface area contributed by atoms with E-state index in [9.17, 15) is 4.79 Å². The first-order valence-corrected chi connectivity index (χ1v) is 9.51. The van der Waals surface area contributed by atoms with Crippen LogP contribution in [0, 0.1) is 0 Å². The number of unbranched alkanes of at least 4 members (excludes halogenated alkanes) is 1. The summed E-state index contributed by atoms with van der Waals surface area (Å²) in [5.41, 5.74) is 2.06. The molecule has 0 atom stereocenters. The average Bonchev–Trinajstić information content (AvgIpc) is 3.05. The topological polar surface area (TPSA) is 56.6 Å². The molecule has 0 spiro atoms. The molecule has 148 valence electrons. The quantitative estimate of drug-likeness (QED) is 0.528. The van der Waals surface area contributed by atoms with Crippen LogP contribution in [-0.2, 0) is 17.9 Å². The number of carbonyl (C=O) groups excluding carboxylic acids is 1. The molecule has 0 aliphatic heterocycles. The molecule has 2 aromatic carbocycles. The summed E-state index contributed by atoms with van der Waals surface area (Å²) in [5.74, 6) is 2.61. The molecule has 3 rings (SSSR count). The fourth-order valence-corrected chi connectivity index (χ4v) is 3.05. The maximum atomic E-state index is 11.6. The van der Waals surface area contributed by atoms with Gasteiger partial charge in [-0.05, 0) is 49.2 Å². The van der Waals surface area contributed by atoms with Gasteiger partial charge in [-0.15, -0.1) is 0 Å². The van der Waals surface area contributed by atoms with Crippen molar-refractivity contribution in [3.63, 3.8) is 0 Å². The number of rotatable bonds is 9. The van der Waals surface area contributed by atoms with Crippen LogP contribution in [0.2, 0.25) is 0 Å². The number of hydrogen-bond donors (Lipinski definition) is 0. The Hall–Kier alpha value is -3.02. The van der Waals surface area contributed by atoms with Gasteiger partial charge in [-0.25, -0.2) is 4.98 Å². The third-order valence-corrected chi connectivity index (χ3v) is 4.75. The Kier molecular flexibility index (Phi) is 6.53. The number of benzene rings is 2. The molecule has 0 unspecified atom stereocenters. The molecule has 6 nitrogen and oxygen atoms in total. The minimum absolute atomic E-state index is 0.0338. The van der Waals surface area contributed by atoms with Gasteiger partial charge in [-0.1, -0.05) is 12.1 Å². The molecule has 0 aliphatic rings. The second-order valence-electron chi connectivity index (χ2n) is 6.77. The molecule has 0 radical (unpaired) electrons. The molecule has 1 aromatic heterocycles. The monoisotopic (exact) mass is 381 g/mol. The molecule has 0 bridgehead atoms. The Morgan fingerprint density at radius 3 is 2.50 bits per heavy atom. The van der Waals surface area contributed by atoms with Crippen LogP contribution in [0.5, 0.6) is 11.5 Å². The number of hydrogen-bond acceptors (Lipinski definition) is 4. The molecule has 0 fully saturated rings. The predicted molar refractivity (Wildman–Crippen MR) is 110 cm³/mol. The van der Waals surface area contributed by atoms with Crippen molar-refractivity contribution in [2.45, 2.75) is 32.9 Å².